The molecular formula is C14H33N3. The zero-order chi connectivity index (χ0) is 13.3. The van der Waals surface area contributed by atoms with Gasteiger partial charge in [-0.05, 0) is 50.6 Å². The van der Waals surface area contributed by atoms with Crippen LogP contribution in [0.4, 0.5) is 0 Å². The molecule has 0 aromatic carbocycles. The van der Waals surface area contributed by atoms with Gasteiger partial charge < -0.3 is 16.8 Å². The van der Waals surface area contributed by atoms with Crippen molar-refractivity contribution in [3.05, 3.63) is 0 Å². The summed E-state index contributed by atoms with van der Waals surface area (Å²) in [4.78, 5) is 0. The van der Waals surface area contributed by atoms with Crippen molar-refractivity contribution in [2.45, 2.75) is 65.5 Å². The van der Waals surface area contributed by atoms with Gasteiger partial charge >= 0.3 is 0 Å². The van der Waals surface area contributed by atoms with E-state index in [-0.39, 0.29) is 0 Å². The highest BCUT2D eigenvalue weighted by molar-refractivity contribution is 4.67. The molecule has 0 radical (unpaired) electrons. The SMILES string of the molecule is CC(C)[C@H](N)CCCNCCC[C@@H](N)C(C)C. The Bertz CT molecular complexity index is 151. The molecular weight excluding hydrogens is 210 g/mol. The summed E-state index contributed by atoms with van der Waals surface area (Å²) in [5.41, 5.74) is 12.0. The highest BCUT2D eigenvalue weighted by Crippen LogP contribution is 2.06. The third-order valence-corrected chi connectivity index (χ3v) is 3.49. The van der Waals surface area contributed by atoms with E-state index in [1.165, 1.54) is 12.8 Å². The highest BCUT2D eigenvalue weighted by atomic mass is 14.8. The van der Waals surface area contributed by atoms with Crippen LogP contribution < -0.4 is 16.8 Å². The Kier molecular flexibility index (Phi) is 9.79. The number of hydrogen-bond acceptors (Lipinski definition) is 3. The summed E-state index contributed by atoms with van der Waals surface area (Å²) in [6.07, 6.45) is 4.59. The lowest BCUT2D eigenvalue weighted by molar-refractivity contribution is 0.430. The van der Waals surface area contributed by atoms with Gasteiger partial charge in [-0.15, -0.1) is 0 Å². The Morgan fingerprint density at radius 2 is 1.12 bits per heavy atom. The second kappa shape index (κ2) is 9.86. The largest absolute Gasteiger partial charge is 0.327 e. The summed E-state index contributed by atoms with van der Waals surface area (Å²) in [6, 6.07) is 0.706. The molecule has 0 aliphatic rings. The number of hydrogen-bond donors (Lipinski definition) is 3. The number of rotatable bonds is 10. The molecule has 0 rings (SSSR count). The first-order valence-electron chi connectivity index (χ1n) is 7.17. The summed E-state index contributed by atoms with van der Waals surface area (Å²) in [7, 11) is 0. The van der Waals surface area contributed by atoms with Gasteiger partial charge in [0, 0.05) is 12.1 Å². The summed E-state index contributed by atoms with van der Waals surface area (Å²) in [5.74, 6) is 1.19. The lowest BCUT2D eigenvalue weighted by Gasteiger charge is -2.16. The van der Waals surface area contributed by atoms with Crippen molar-refractivity contribution in [2.75, 3.05) is 13.1 Å². The van der Waals surface area contributed by atoms with Crippen LogP contribution in [-0.2, 0) is 0 Å². The number of nitrogens with one attached hydrogen (secondary N) is 1. The third-order valence-electron chi connectivity index (χ3n) is 3.49. The van der Waals surface area contributed by atoms with E-state index in [0.29, 0.717) is 23.9 Å². The smallest absolute Gasteiger partial charge is 0.00623 e. The average Bonchev–Trinajstić information content (AvgIpc) is 2.26. The van der Waals surface area contributed by atoms with Crippen LogP contribution >= 0.6 is 0 Å². The molecule has 0 bridgehead atoms. The van der Waals surface area contributed by atoms with E-state index in [2.05, 4.69) is 33.0 Å². The molecule has 0 aliphatic heterocycles. The minimum absolute atomic E-state index is 0.353. The molecule has 0 amide bonds. The molecule has 0 aromatic rings. The predicted octanol–water partition coefficient (Wildman–Crippen LogP) is 2.10. The zero-order valence-corrected chi connectivity index (χ0v) is 12.2. The second-order valence-electron chi connectivity index (χ2n) is 5.85. The first kappa shape index (κ1) is 16.9. The van der Waals surface area contributed by atoms with E-state index < -0.39 is 0 Å². The average molecular weight is 243 g/mol. The van der Waals surface area contributed by atoms with Crippen LogP contribution in [0.5, 0.6) is 0 Å². The molecule has 0 aromatic heterocycles. The molecule has 3 nitrogen and oxygen atoms in total. The maximum atomic E-state index is 5.99. The van der Waals surface area contributed by atoms with E-state index in [4.69, 9.17) is 11.5 Å². The van der Waals surface area contributed by atoms with Crippen molar-refractivity contribution in [2.24, 2.45) is 23.3 Å². The van der Waals surface area contributed by atoms with Gasteiger partial charge in [0.2, 0.25) is 0 Å². The van der Waals surface area contributed by atoms with Crippen LogP contribution in [0.15, 0.2) is 0 Å². The van der Waals surface area contributed by atoms with Crippen molar-refractivity contribution in [3.8, 4) is 0 Å². The quantitative estimate of drug-likeness (QED) is 0.515. The van der Waals surface area contributed by atoms with Crippen molar-refractivity contribution >= 4 is 0 Å². The van der Waals surface area contributed by atoms with E-state index in [1.54, 1.807) is 0 Å². The normalized spacial score (nSPS) is 15.5. The standard InChI is InChI=1S/C14H33N3/c1-11(2)13(15)7-5-9-17-10-6-8-14(16)12(3)4/h11-14,17H,5-10,15-16H2,1-4H3/t13-,14-/m1/s1. The van der Waals surface area contributed by atoms with Gasteiger partial charge in [-0.1, -0.05) is 27.7 Å². The molecule has 0 unspecified atom stereocenters. The predicted molar refractivity (Wildman–Crippen MR) is 77.0 cm³/mol. The molecule has 0 saturated carbocycles. The highest BCUT2D eigenvalue weighted by Gasteiger charge is 2.07. The lowest BCUT2D eigenvalue weighted by atomic mass is 10.00. The summed E-state index contributed by atoms with van der Waals surface area (Å²) >= 11 is 0. The minimum Gasteiger partial charge on any atom is -0.327 e. The Morgan fingerprint density at radius 1 is 0.765 bits per heavy atom. The van der Waals surface area contributed by atoms with Gasteiger partial charge in [-0.2, -0.15) is 0 Å². The van der Waals surface area contributed by atoms with Crippen LogP contribution in [0.1, 0.15) is 53.4 Å². The van der Waals surface area contributed by atoms with Crippen LogP contribution in [-0.4, -0.2) is 25.2 Å². The van der Waals surface area contributed by atoms with Crippen molar-refractivity contribution in [3.63, 3.8) is 0 Å². The second-order valence-corrected chi connectivity index (χ2v) is 5.85. The van der Waals surface area contributed by atoms with E-state index >= 15 is 0 Å². The van der Waals surface area contributed by atoms with E-state index in [9.17, 15) is 0 Å². The molecule has 0 spiro atoms. The topological polar surface area (TPSA) is 64.1 Å². The molecule has 3 heteroatoms. The molecule has 17 heavy (non-hydrogen) atoms. The monoisotopic (exact) mass is 243 g/mol. The van der Waals surface area contributed by atoms with Gasteiger partial charge in [-0.25, -0.2) is 0 Å². The van der Waals surface area contributed by atoms with Gasteiger partial charge in [0.1, 0.15) is 0 Å². The van der Waals surface area contributed by atoms with Crippen molar-refractivity contribution in [1.82, 2.24) is 5.32 Å². The van der Waals surface area contributed by atoms with Crippen LogP contribution in [0, 0.1) is 11.8 Å². The Morgan fingerprint density at radius 3 is 1.41 bits per heavy atom. The van der Waals surface area contributed by atoms with E-state index in [1.807, 2.05) is 0 Å². The van der Waals surface area contributed by atoms with Crippen LogP contribution in [0.2, 0.25) is 0 Å². The molecule has 0 saturated heterocycles. The van der Waals surface area contributed by atoms with Crippen LogP contribution in [0.25, 0.3) is 0 Å². The molecule has 2 atom stereocenters. The maximum absolute atomic E-state index is 5.99. The zero-order valence-electron chi connectivity index (χ0n) is 12.2. The fraction of sp³-hybridized carbons (Fsp3) is 1.00. The van der Waals surface area contributed by atoms with Gasteiger partial charge in [0.25, 0.3) is 0 Å². The van der Waals surface area contributed by atoms with Gasteiger partial charge in [0.15, 0.2) is 0 Å². The Labute approximate surface area is 108 Å². The Balaban J connectivity index is 3.24. The lowest BCUT2D eigenvalue weighted by Crippen LogP contribution is -2.29. The molecule has 0 heterocycles. The fourth-order valence-electron chi connectivity index (χ4n) is 1.72. The molecule has 0 fully saturated rings. The molecule has 0 aliphatic carbocycles. The summed E-state index contributed by atoms with van der Waals surface area (Å²) in [5, 5.41) is 3.46. The fourth-order valence-corrected chi connectivity index (χ4v) is 1.72. The van der Waals surface area contributed by atoms with Crippen molar-refractivity contribution < 1.29 is 0 Å². The first-order chi connectivity index (χ1) is 7.95. The van der Waals surface area contributed by atoms with Crippen molar-refractivity contribution in [1.29, 1.82) is 0 Å². The van der Waals surface area contributed by atoms with Crippen LogP contribution in [0.3, 0.4) is 0 Å². The molecule has 5 N–H and O–H groups in total. The van der Waals surface area contributed by atoms with Gasteiger partial charge in [0.05, 0.1) is 0 Å². The number of nitrogens with two attached hydrogens (primary N) is 2. The van der Waals surface area contributed by atoms with Gasteiger partial charge in [-0.3, -0.25) is 0 Å². The first-order valence-corrected chi connectivity index (χ1v) is 7.17. The van der Waals surface area contributed by atoms with E-state index in [0.717, 1.165) is 25.9 Å². The summed E-state index contributed by atoms with van der Waals surface area (Å²) in [6.45, 7) is 10.9. The Hall–Kier alpha value is -0.120. The third kappa shape index (κ3) is 9.57. The summed E-state index contributed by atoms with van der Waals surface area (Å²) < 4.78 is 0. The minimum atomic E-state index is 0.353. The molecule has 104 valence electrons. The maximum Gasteiger partial charge on any atom is 0.00623 e.